The maximum Gasteiger partial charge on any atom is 0.340 e. The van der Waals surface area contributed by atoms with Gasteiger partial charge in [0, 0.05) is 79.3 Å². The van der Waals surface area contributed by atoms with E-state index in [-0.39, 0.29) is 55.4 Å². The van der Waals surface area contributed by atoms with Gasteiger partial charge in [-0.1, -0.05) is 45.9 Å². The lowest BCUT2D eigenvalue weighted by Gasteiger charge is -2.38. The summed E-state index contributed by atoms with van der Waals surface area (Å²) in [4.78, 5) is 54.2. The standard InChI is InChI=1S/C43H54N2O13/c1-18-14-13-15-19(2)41(52)44-32-29-27(42(53)55-12)24(7)45(10)33(29)28-30(37(32)50)36(49)23(6)39-31(28)40(51)43(9,58-39)56-17-16-26(54-11)20(3)38(57-25(8)46)22(5)35(48)21(4)34(18)47/h13-18,20-22,26,34-35,38,47-50H,1-12H3,(H,44,52)/b14-13-,17-16?,19-15-/t18-,20+,21+,22+,26-,34-,35+,38+,43-/m0/s1. The highest BCUT2D eigenvalue weighted by Crippen LogP contribution is 2.55. The molecule has 2 aromatic carbocycles. The summed E-state index contributed by atoms with van der Waals surface area (Å²) in [6.07, 6.45) is 3.57. The Kier molecular flexibility index (Phi) is 12.4. The summed E-state index contributed by atoms with van der Waals surface area (Å²) in [5.41, 5.74) is 0.572. The number of phenols is 2. The smallest absolute Gasteiger partial charge is 0.340 e. The lowest BCUT2D eigenvalue weighted by Crippen LogP contribution is -2.46. The predicted octanol–water partition coefficient (Wildman–Crippen LogP) is 5.64. The van der Waals surface area contributed by atoms with E-state index in [9.17, 15) is 39.6 Å². The van der Waals surface area contributed by atoms with Crippen LogP contribution in [0.25, 0.3) is 21.7 Å². The normalized spacial score (nSPS) is 29.8. The van der Waals surface area contributed by atoms with Crippen molar-refractivity contribution in [2.45, 2.75) is 92.5 Å². The number of aromatic nitrogens is 1. The number of allylic oxidation sites excluding steroid dienone is 2. The zero-order chi connectivity index (χ0) is 43.3. The number of anilines is 1. The Morgan fingerprint density at radius 3 is 2.17 bits per heavy atom. The number of rotatable bonds is 3. The monoisotopic (exact) mass is 806 g/mol. The third-order valence-electron chi connectivity index (χ3n) is 11.8. The topological polar surface area (TPSA) is 212 Å². The molecule has 0 radical (unpaired) electrons. The van der Waals surface area contributed by atoms with Gasteiger partial charge in [-0.25, -0.2) is 4.79 Å². The molecule has 15 heteroatoms. The number of hydrogen-bond donors (Lipinski definition) is 5. The van der Waals surface area contributed by atoms with Gasteiger partial charge in [0.15, 0.2) is 5.75 Å². The molecule has 58 heavy (non-hydrogen) atoms. The average molecular weight is 807 g/mol. The summed E-state index contributed by atoms with van der Waals surface area (Å²) < 4.78 is 30.5. The van der Waals surface area contributed by atoms with Gasteiger partial charge < -0.3 is 54.0 Å². The van der Waals surface area contributed by atoms with E-state index in [1.165, 1.54) is 60.3 Å². The lowest BCUT2D eigenvalue weighted by atomic mass is 9.78. The molecule has 9 atom stereocenters. The first-order chi connectivity index (χ1) is 27.1. The zero-order valence-electron chi connectivity index (χ0n) is 34.9. The quantitative estimate of drug-likeness (QED) is 0.161. The van der Waals surface area contributed by atoms with Gasteiger partial charge in [-0.15, -0.1) is 0 Å². The van der Waals surface area contributed by atoms with Crippen molar-refractivity contribution < 1.29 is 63.3 Å². The van der Waals surface area contributed by atoms with E-state index in [1.807, 2.05) is 0 Å². The first kappa shape index (κ1) is 43.7. The molecule has 0 saturated heterocycles. The zero-order valence-corrected chi connectivity index (χ0v) is 34.9. The molecule has 0 aliphatic carbocycles. The van der Waals surface area contributed by atoms with Crippen LogP contribution in [0.3, 0.4) is 0 Å². The number of aliphatic hydroxyl groups is 2. The third-order valence-corrected chi connectivity index (χ3v) is 11.8. The summed E-state index contributed by atoms with van der Waals surface area (Å²) in [7, 11) is 4.26. The number of fused-ring (bicyclic) bond motifs is 1. The molecule has 5 rings (SSSR count). The van der Waals surface area contributed by atoms with Crippen LogP contribution in [0, 0.1) is 37.5 Å². The molecule has 4 bridgehead atoms. The van der Waals surface area contributed by atoms with Crippen LogP contribution in [0.5, 0.6) is 17.2 Å². The number of hydrogen-bond acceptors (Lipinski definition) is 13. The number of Topliss-reactive ketones (excluding diaryl/α,β-unsaturated/α-hetero) is 1. The minimum atomic E-state index is -2.02. The predicted molar refractivity (Wildman–Crippen MR) is 215 cm³/mol. The molecule has 1 amide bonds. The SMILES string of the molecule is COC(=O)c1c(C)n(C)c2c1c1c(O)c3c(O)c(C)c4c(c32)C(=O)[C@@](C)(OC=C[C@H](OC)[C@@H](C)[C@@H](OC(C)=O)[C@H](C)[C@H](O)[C@H](C)[C@@H](O)[C@@H](C)/C=C\C=C(\C)C(=O)N1)O4. The second-order valence-corrected chi connectivity index (χ2v) is 15.6. The fourth-order valence-corrected chi connectivity index (χ4v) is 8.17. The van der Waals surface area contributed by atoms with Crippen molar-refractivity contribution in [1.82, 2.24) is 4.57 Å². The van der Waals surface area contributed by atoms with E-state index in [2.05, 4.69) is 5.32 Å². The van der Waals surface area contributed by atoms with Crippen LogP contribution >= 0.6 is 0 Å². The van der Waals surface area contributed by atoms with E-state index in [1.54, 1.807) is 58.4 Å². The number of carbonyl (C=O) groups excluding carboxylic acids is 4. The largest absolute Gasteiger partial charge is 0.507 e. The Hall–Kier alpha value is -5.38. The summed E-state index contributed by atoms with van der Waals surface area (Å²) in [6, 6.07) is 0. The van der Waals surface area contributed by atoms with E-state index in [0.29, 0.717) is 5.69 Å². The van der Waals surface area contributed by atoms with Gasteiger partial charge >= 0.3 is 17.7 Å². The number of aromatic hydroxyl groups is 2. The van der Waals surface area contributed by atoms with Gasteiger partial charge in [-0.3, -0.25) is 14.4 Å². The van der Waals surface area contributed by atoms with Crippen molar-refractivity contribution in [2.24, 2.45) is 30.7 Å². The van der Waals surface area contributed by atoms with Gasteiger partial charge in [0.25, 0.3) is 11.7 Å². The number of esters is 2. The first-order valence-corrected chi connectivity index (χ1v) is 19.1. The molecule has 3 aromatic rings. The first-order valence-electron chi connectivity index (χ1n) is 19.1. The molecule has 0 fully saturated rings. The van der Waals surface area contributed by atoms with E-state index < -0.39 is 89.0 Å². The van der Waals surface area contributed by atoms with Gasteiger partial charge in [0.2, 0.25) is 0 Å². The van der Waals surface area contributed by atoms with Gasteiger partial charge in [-0.05, 0) is 26.8 Å². The number of nitrogens with one attached hydrogen (secondary N) is 1. The third kappa shape index (κ3) is 7.30. The van der Waals surface area contributed by atoms with Gasteiger partial charge in [-0.2, -0.15) is 0 Å². The highest BCUT2D eigenvalue weighted by molar-refractivity contribution is 6.31. The summed E-state index contributed by atoms with van der Waals surface area (Å²) in [5.74, 6) is -8.34. The molecule has 0 spiro atoms. The Morgan fingerprint density at radius 2 is 1.57 bits per heavy atom. The maximum atomic E-state index is 14.6. The van der Waals surface area contributed by atoms with Crippen LogP contribution in [0.15, 0.2) is 36.1 Å². The molecule has 2 aliphatic heterocycles. The highest BCUT2D eigenvalue weighted by atomic mass is 16.7. The van der Waals surface area contributed by atoms with Crippen LogP contribution in [-0.4, -0.2) is 93.0 Å². The Balaban J connectivity index is 1.80. The van der Waals surface area contributed by atoms with Crippen LogP contribution in [-0.2, 0) is 35.6 Å². The number of ether oxygens (including phenoxy) is 5. The molecule has 0 saturated carbocycles. The summed E-state index contributed by atoms with van der Waals surface area (Å²) in [5, 5.41) is 49.3. The minimum absolute atomic E-state index is 0.00202. The summed E-state index contributed by atoms with van der Waals surface area (Å²) >= 11 is 0. The van der Waals surface area contributed by atoms with Crippen molar-refractivity contribution in [1.29, 1.82) is 0 Å². The maximum absolute atomic E-state index is 14.6. The number of amides is 1. The van der Waals surface area contributed by atoms with Crippen molar-refractivity contribution in [3.8, 4) is 17.2 Å². The van der Waals surface area contributed by atoms with E-state index >= 15 is 0 Å². The highest BCUT2D eigenvalue weighted by Gasteiger charge is 2.50. The van der Waals surface area contributed by atoms with E-state index in [0.717, 1.165) is 0 Å². The average Bonchev–Trinajstić information content (AvgIpc) is 3.60. The van der Waals surface area contributed by atoms with Crippen molar-refractivity contribution in [3.05, 3.63) is 58.5 Å². The lowest BCUT2D eigenvalue weighted by molar-refractivity contribution is -0.160. The molecule has 314 valence electrons. The number of benzene rings is 2. The number of carbonyl (C=O) groups is 4. The van der Waals surface area contributed by atoms with Crippen LogP contribution < -0.4 is 10.1 Å². The number of nitrogens with zero attached hydrogens (tertiary/aromatic N) is 1. The van der Waals surface area contributed by atoms with E-state index in [4.69, 9.17) is 23.7 Å². The molecule has 0 unspecified atom stereocenters. The molecule has 5 N–H and O–H groups in total. The number of methoxy groups -OCH3 is 2. The van der Waals surface area contributed by atoms with Crippen LogP contribution in [0.2, 0.25) is 0 Å². The fourth-order valence-electron chi connectivity index (χ4n) is 8.17. The molecule has 15 nitrogen and oxygen atoms in total. The number of aliphatic hydroxyl groups excluding tert-OH is 2. The molecule has 1 aromatic heterocycles. The minimum Gasteiger partial charge on any atom is -0.507 e. The fraction of sp³-hybridized carbons (Fsp3) is 0.488. The number of phenolic OH excluding ortho intramolecular Hbond substituents is 2. The second-order valence-electron chi connectivity index (χ2n) is 15.6. The van der Waals surface area contributed by atoms with Crippen LogP contribution in [0.4, 0.5) is 5.69 Å². The molecule has 2 aliphatic rings. The van der Waals surface area contributed by atoms with Crippen LogP contribution in [0.1, 0.15) is 80.4 Å². The van der Waals surface area contributed by atoms with Gasteiger partial charge in [0.1, 0.15) is 17.6 Å². The summed E-state index contributed by atoms with van der Waals surface area (Å²) in [6.45, 7) is 14.2. The van der Waals surface area contributed by atoms with Crippen molar-refractivity contribution >= 4 is 51.0 Å². The molecule has 3 heterocycles. The van der Waals surface area contributed by atoms with Crippen molar-refractivity contribution in [3.63, 3.8) is 0 Å². The Bertz CT molecular complexity index is 2270. The van der Waals surface area contributed by atoms with Gasteiger partial charge in [0.05, 0.1) is 59.4 Å². The number of ketones is 1. The molecular formula is C43H54N2O13. The molecular weight excluding hydrogens is 752 g/mol. The van der Waals surface area contributed by atoms with Crippen molar-refractivity contribution in [2.75, 3.05) is 19.5 Å². The number of aryl methyl sites for hydroxylation is 1. The second kappa shape index (κ2) is 16.5. The Labute approximate surface area is 336 Å². The Morgan fingerprint density at radius 1 is 0.914 bits per heavy atom.